The number of aromatic amines is 1. The van der Waals surface area contributed by atoms with Crippen LogP contribution in [0.3, 0.4) is 0 Å². The lowest BCUT2D eigenvalue weighted by Crippen LogP contribution is -2.11. The minimum atomic E-state index is -0.127. The van der Waals surface area contributed by atoms with E-state index in [2.05, 4.69) is 15.0 Å². The number of fused-ring (bicyclic) bond motifs is 1. The van der Waals surface area contributed by atoms with Crippen LogP contribution in [0.1, 0.15) is 11.4 Å². The Bertz CT molecular complexity index is 807. The van der Waals surface area contributed by atoms with Gasteiger partial charge in [0.1, 0.15) is 5.82 Å². The number of nitrogens with one attached hydrogen (secondary N) is 1. The topological polar surface area (TPSA) is 58.6 Å². The molecule has 0 spiro atoms. The SMILES string of the molecule is Cc1cc2c(=O)[nH]c(-c3ccccc3)nc2c(C)n1. The van der Waals surface area contributed by atoms with E-state index in [1.165, 1.54) is 0 Å². The van der Waals surface area contributed by atoms with Gasteiger partial charge in [-0.15, -0.1) is 0 Å². The Hall–Kier alpha value is -2.49. The van der Waals surface area contributed by atoms with Crippen molar-refractivity contribution < 1.29 is 0 Å². The van der Waals surface area contributed by atoms with E-state index in [1.807, 2.05) is 44.2 Å². The van der Waals surface area contributed by atoms with Crippen molar-refractivity contribution in [3.05, 3.63) is 58.1 Å². The molecule has 0 amide bonds. The van der Waals surface area contributed by atoms with Crippen LogP contribution >= 0.6 is 0 Å². The molecule has 0 aliphatic rings. The molecule has 0 aliphatic carbocycles. The summed E-state index contributed by atoms with van der Waals surface area (Å²) in [6.07, 6.45) is 0. The minimum Gasteiger partial charge on any atom is -0.306 e. The second-order valence-electron chi connectivity index (χ2n) is 4.53. The zero-order chi connectivity index (χ0) is 13.4. The summed E-state index contributed by atoms with van der Waals surface area (Å²) in [4.78, 5) is 23.9. The van der Waals surface area contributed by atoms with Crippen LogP contribution in [0, 0.1) is 13.8 Å². The van der Waals surface area contributed by atoms with E-state index >= 15 is 0 Å². The standard InChI is InChI=1S/C15H13N3O/c1-9-8-12-13(10(2)16-9)17-14(18-15(12)19)11-6-4-3-5-7-11/h3-8H,1-2H3,(H,17,18,19). The van der Waals surface area contributed by atoms with Gasteiger partial charge >= 0.3 is 0 Å². The molecule has 4 heteroatoms. The van der Waals surface area contributed by atoms with Crippen LogP contribution in [-0.2, 0) is 0 Å². The zero-order valence-electron chi connectivity index (χ0n) is 10.8. The van der Waals surface area contributed by atoms with Crippen LogP contribution in [0.5, 0.6) is 0 Å². The van der Waals surface area contributed by atoms with Gasteiger partial charge in [-0.2, -0.15) is 0 Å². The maximum atomic E-state index is 12.2. The average molecular weight is 251 g/mol. The van der Waals surface area contributed by atoms with E-state index < -0.39 is 0 Å². The summed E-state index contributed by atoms with van der Waals surface area (Å²) in [5.74, 6) is 0.576. The lowest BCUT2D eigenvalue weighted by Gasteiger charge is -2.05. The molecule has 0 saturated carbocycles. The summed E-state index contributed by atoms with van der Waals surface area (Å²) < 4.78 is 0. The van der Waals surface area contributed by atoms with E-state index in [0.29, 0.717) is 16.7 Å². The van der Waals surface area contributed by atoms with E-state index in [-0.39, 0.29) is 5.56 Å². The van der Waals surface area contributed by atoms with Gasteiger partial charge in [0.05, 0.1) is 16.6 Å². The molecule has 0 fully saturated rings. The molecular formula is C15H13N3O. The largest absolute Gasteiger partial charge is 0.306 e. The molecule has 19 heavy (non-hydrogen) atoms. The number of rotatable bonds is 1. The average Bonchev–Trinajstić information content (AvgIpc) is 2.41. The second-order valence-corrected chi connectivity index (χ2v) is 4.53. The summed E-state index contributed by atoms with van der Waals surface area (Å²) in [5, 5.41) is 0.588. The van der Waals surface area contributed by atoms with Crippen molar-refractivity contribution in [1.29, 1.82) is 0 Å². The number of H-pyrrole nitrogens is 1. The number of aromatic nitrogens is 3. The second kappa shape index (κ2) is 4.31. The fraction of sp³-hybridized carbons (Fsp3) is 0.133. The van der Waals surface area contributed by atoms with Gasteiger partial charge in [-0.3, -0.25) is 9.78 Å². The van der Waals surface area contributed by atoms with E-state index in [9.17, 15) is 4.79 Å². The van der Waals surface area contributed by atoms with Gasteiger partial charge in [0.15, 0.2) is 0 Å². The molecule has 2 aromatic heterocycles. The molecule has 3 rings (SSSR count). The third kappa shape index (κ3) is 2.01. The highest BCUT2D eigenvalue weighted by Gasteiger charge is 2.09. The Morgan fingerprint density at radius 1 is 1.05 bits per heavy atom. The van der Waals surface area contributed by atoms with Crippen LogP contribution in [0.4, 0.5) is 0 Å². The molecule has 0 unspecified atom stereocenters. The predicted octanol–water partition coefficient (Wildman–Crippen LogP) is 2.60. The third-order valence-corrected chi connectivity index (χ3v) is 3.04. The van der Waals surface area contributed by atoms with Crippen LogP contribution in [-0.4, -0.2) is 15.0 Å². The fourth-order valence-electron chi connectivity index (χ4n) is 2.18. The Morgan fingerprint density at radius 3 is 2.53 bits per heavy atom. The lowest BCUT2D eigenvalue weighted by atomic mass is 10.2. The smallest absolute Gasteiger partial charge is 0.259 e. The van der Waals surface area contributed by atoms with Crippen LogP contribution in [0.2, 0.25) is 0 Å². The lowest BCUT2D eigenvalue weighted by molar-refractivity contribution is 1.10. The Balaban J connectivity index is 2.34. The van der Waals surface area contributed by atoms with Crippen LogP contribution < -0.4 is 5.56 Å². The van der Waals surface area contributed by atoms with Crippen molar-refractivity contribution in [2.24, 2.45) is 0 Å². The Kier molecular flexibility index (Phi) is 2.63. The highest BCUT2D eigenvalue weighted by atomic mass is 16.1. The van der Waals surface area contributed by atoms with Crippen LogP contribution in [0.25, 0.3) is 22.3 Å². The Labute approximate surface area is 110 Å². The molecule has 0 aliphatic heterocycles. The first kappa shape index (κ1) is 11.6. The minimum absolute atomic E-state index is 0.127. The monoisotopic (exact) mass is 251 g/mol. The van der Waals surface area contributed by atoms with E-state index in [1.54, 1.807) is 6.07 Å². The molecule has 0 atom stereocenters. The van der Waals surface area contributed by atoms with Crippen molar-refractivity contribution in [2.45, 2.75) is 13.8 Å². The number of nitrogens with zero attached hydrogens (tertiary/aromatic N) is 2. The number of aryl methyl sites for hydroxylation is 2. The first-order chi connectivity index (χ1) is 9.15. The van der Waals surface area contributed by atoms with Gasteiger partial charge < -0.3 is 4.98 Å². The van der Waals surface area contributed by atoms with Gasteiger partial charge in [-0.25, -0.2) is 4.98 Å². The summed E-state index contributed by atoms with van der Waals surface area (Å²) >= 11 is 0. The summed E-state index contributed by atoms with van der Waals surface area (Å²) in [5.41, 5.74) is 3.02. The zero-order valence-corrected chi connectivity index (χ0v) is 10.8. The summed E-state index contributed by atoms with van der Waals surface area (Å²) in [7, 11) is 0. The highest BCUT2D eigenvalue weighted by Crippen LogP contribution is 2.17. The molecule has 1 aromatic carbocycles. The predicted molar refractivity (Wildman–Crippen MR) is 75.1 cm³/mol. The molecule has 3 aromatic rings. The summed E-state index contributed by atoms with van der Waals surface area (Å²) in [6.45, 7) is 3.74. The number of hydrogen-bond acceptors (Lipinski definition) is 3. The molecular weight excluding hydrogens is 238 g/mol. The van der Waals surface area contributed by atoms with Crippen molar-refractivity contribution in [3.8, 4) is 11.4 Å². The highest BCUT2D eigenvalue weighted by molar-refractivity contribution is 5.81. The van der Waals surface area contributed by atoms with Crippen molar-refractivity contribution >= 4 is 10.9 Å². The first-order valence-corrected chi connectivity index (χ1v) is 6.09. The van der Waals surface area contributed by atoms with Crippen LogP contribution in [0.15, 0.2) is 41.2 Å². The van der Waals surface area contributed by atoms with Gasteiger partial charge in [-0.1, -0.05) is 30.3 Å². The van der Waals surface area contributed by atoms with Crippen molar-refractivity contribution in [1.82, 2.24) is 15.0 Å². The maximum absolute atomic E-state index is 12.2. The quantitative estimate of drug-likeness (QED) is 0.723. The fourth-order valence-corrected chi connectivity index (χ4v) is 2.18. The van der Waals surface area contributed by atoms with Crippen molar-refractivity contribution in [2.75, 3.05) is 0 Å². The van der Waals surface area contributed by atoms with Crippen molar-refractivity contribution in [3.63, 3.8) is 0 Å². The molecule has 0 radical (unpaired) electrons. The van der Waals surface area contributed by atoms with E-state index in [0.717, 1.165) is 17.0 Å². The number of hydrogen-bond donors (Lipinski definition) is 1. The number of pyridine rings is 1. The van der Waals surface area contributed by atoms with Gasteiger partial charge in [0.25, 0.3) is 5.56 Å². The molecule has 94 valence electrons. The maximum Gasteiger partial charge on any atom is 0.259 e. The van der Waals surface area contributed by atoms with Gasteiger partial charge in [0.2, 0.25) is 0 Å². The summed E-state index contributed by atoms with van der Waals surface area (Å²) in [6, 6.07) is 11.4. The van der Waals surface area contributed by atoms with Gasteiger partial charge in [0, 0.05) is 11.3 Å². The normalized spacial score (nSPS) is 10.8. The molecule has 0 bridgehead atoms. The van der Waals surface area contributed by atoms with Gasteiger partial charge in [-0.05, 0) is 19.9 Å². The molecule has 0 saturated heterocycles. The third-order valence-electron chi connectivity index (χ3n) is 3.04. The molecule has 1 N–H and O–H groups in total. The molecule has 4 nitrogen and oxygen atoms in total. The first-order valence-electron chi connectivity index (χ1n) is 6.09. The van der Waals surface area contributed by atoms with E-state index in [4.69, 9.17) is 0 Å². The number of benzene rings is 1. The Morgan fingerprint density at radius 2 is 1.79 bits per heavy atom. The molecule has 2 heterocycles.